The Labute approximate surface area is 164 Å². The highest BCUT2D eigenvalue weighted by Gasteiger charge is 2.29. The second kappa shape index (κ2) is 13.2. The van der Waals surface area contributed by atoms with Crippen LogP contribution in [0.25, 0.3) is 0 Å². The molecule has 0 aliphatic heterocycles. The fourth-order valence-corrected chi connectivity index (χ4v) is 2.67. The molecule has 0 rings (SSSR count). The highest BCUT2D eigenvalue weighted by atomic mass is 32.2. The minimum Gasteiger partial charge on any atom is -0.480 e. The van der Waals surface area contributed by atoms with Crippen molar-refractivity contribution in [2.75, 3.05) is 18.6 Å². The maximum absolute atomic E-state index is 12.5. The number of rotatable bonds is 13. The topological polar surface area (TPSA) is 186 Å². The standard InChI is InChI=1S/C16H32N6O4S/c1-9(2)12(15(25)26)22-14(24)11(6-8-27-3)21-13(23)10(17)5-4-7-20-16(18)19/h9-12H,4-8,17H2,1-3H3,(H,21,23)(H,22,24)(H,25,26)(H4,18,19,20). The lowest BCUT2D eigenvalue weighted by Crippen LogP contribution is -2.55. The Morgan fingerprint density at radius 3 is 2.22 bits per heavy atom. The summed E-state index contributed by atoms with van der Waals surface area (Å²) in [6.45, 7) is 3.75. The predicted octanol–water partition coefficient (Wildman–Crippen LogP) is -1.17. The fourth-order valence-electron chi connectivity index (χ4n) is 2.20. The molecule has 0 saturated heterocycles. The molecule has 9 N–H and O–H groups in total. The number of aliphatic imine (C=N–C) groups is 1. The smallest absolute Gasteiger partial charge is 0.326 e. The van der Waals surface area contributed by atoms with Crippen molar-refractivity contribution in [1.82, 2.24) is 10.6 Å². The zero-order valence-electron chi connectivity index (χ0n) is 16.1. The number of amides is 2. The minimum atomic E-state index is -1.12. The van der Waals surface area contributed by atoms with Gasteiger partial charge in [-0.25, -0.2) is 4.79 Å². The van der Waals surface area contributed by atoms with E-state index in [9.17, 15) is 19.5 Å². The molecule has 0 saturated carbocycles. The number of carbonyl (C=O) groups excluding carboxylic acids is 2. The summed E-state index contributed by atoms with van der Waals surface area (Å²) in [5, 5.41) is 14.3. The van der Waals surface area contributed by atoms with Crippen molar-refractivity contribution in [3.63, 3.8) is 0 Å². The fraction of sp³-hybridized carbons (Fsp3) is 0.750. The SMILES string of the molecule is CSCCC(NC(=O)C(N)CCCN=C(N)N)C(=O)NC(C(=O)O)C(C)C. The van der Waals surface area contributed by atoms with Gasteiger partial charge in [0.15, 0.2) is 5.96 Å². The van der Waals surface area contributed by atoms with Crippen LogP contribution in [-0.4, -0.2) is 65.5 Å². The first-order valence-electron chi connectivity index (χ1n) is 8.73. The van der Waals surface area contributed by atoms with Crippen molar-refractivity contribution in [2.24, 2.45) is 28.1 Å². The van der Waals surface area contributed by atoms with Gasteiger partial charge in [0.05, 0.1) is 6.04 Å². The largest absolute Gasteiger partial charge is 0.480 e. The van der Waals surface area contributed by atoms with Gasteiger partial charge in [0.1, 0.15) is 12.1 Å². The second-order valence-corrected chi connectivity index (χ2v) is 7.45. The zero-order valence-corrected chi connectivity index (χ0v) is 16.9. The van der Waals surface area contributed by atoms with Crippen molar-refractivity contribution < 1.29 is 19.5 Å². The molecule has 0 radical (unpaired) electrons. The molecule has 2 amide bonds. The van der Waals surface area contributed by atoms with E-state index >= 15 is 0 Å². The summed E-state index contributed by atoms with van der Waals surface area (Å²) in [6, 6.07) is -2.70. The summed E-state index contributed by atoms with van der Waals surface area (Å²) in [5.74, 6) is -1.83. The molecule has 0 aromatic carbocycles. The Morgan fingerprint density at radius 1 is 1.11 bits per heavy atom. The molecule has 10 nitrogen and oxygen atoms in total. The summed E-state index contributed by atoms with van der Waals surface area (Å²) >= 11 is 1.52. The van der Waals surface area contributed by atoms with E-state index in [-0.39, 0.29) is 11.9 Å². The third-order valence-corrected chi connectivity index (χ3v) is 4.42. The van der Waals surface area contributed by atoms with Gasteiger partial charge in [-0.3, -0.25) is 14.6 Å². The predicted molar refractivity (Wildman–Crippen MR) is 107 cm³/mol. The van der Waals surface area contributed by atoms with Gasteiger partial charge in [-0.15, -0.1) is 0 Å². The van der Waals surface area contributed by atoms with Crippen LogP contribution in [-0.2, 0) is 14.4 Å². The van der Waals surface area contributed by atoms with E-state index < -0.39 is 35.9 Å². The number of nitrogens with one attached hydrogen (secondary N) is 2. The molecular weight excluding hydrogens is 372 g/mol. The van der Waals surface area contributed by atoms with Crippen LogP contribution in [0.15, 0.2) is 4.99 Å². The van der Waals surface area contributed by atoms with E-state index in [0.717, 1.165) is 0 Å². The van der Waals surface area contributed by atoms with E-state index in [1.54, 1.807) is 13.8 Å². The molecule has 0 fully saturated rings. The maximum Gasteiger partial charge on any atom is 0.326 e. The van der Waals surface area contributed by atoms with Crippen LogP contribution >= 0.6 is 11.8 Å². The van der Waals surface area contributed by atoms with E-state index in [4.69, 9.17) is 17.2 Å². The van der Waals surface area contributed by atoms with Crippen LogP contribution in [0.3, 0.4) is 0 Å². The lowest BCUT2D eigenvalue weighted by Gasteiger charge is -2.24. The monoisotopic (exact) mass is 404 g/mol. The van der Waals surface area contributed by atoms with Crippen molar-refractivity contribution >= 4 is 35.5 Å². The third kappa shape index (κ3) is 10.7. The van der Waals surface area contributed by atoms with Crippen molar-refractivity contribution in [2.45, 2.75) is 51.2 Å². The van der Waals surface area contributed by atoms with Crippen LogP contribution in [0.4, 0.5) is 0 Å². The summed E-state index contributed by atoms with van der Waals surface area (Å²) in [4.78, 5) is 39.9. The molecule has 3 unspecified atom stereocenters. The number of nitrogens with zero attached hydrogens (tertiary/aromatic N) is 1. The molecule has 0 heterocycles. The van der Waals surface area contributed by atoms with E-state index in [1.807, 2.05) is 6.26 Å². The minimum absolute atomic E-state index is 0.0278. The van der Waals surface area contributed by atoms with E-state index in [2.05, 4.69) is 15.6 Å². The van der Waals surface area contributed by atoms with Crippen molar-refractivity contribution in [3.8, 4) is 0 Å². The molecule has 156 valence electrons. The zero-order chi connectivity index (χ0) is 21.0. The molecule has 27 heavy (non-hydrogen) atoms. The first-order valence-corrected chi connectivity index (χ1v) is 10.1. The molecule has 0 aliphatic rings. The summed E-state index contributed by atoms with van der Waals surface area (Å²) < 4.78 is 0. The number of guanidine groups is 1. The normalized spacial score (nSPS) is 14.1. The van der Waals surface area contributed by atoms with Gasteiger partial charge in [0, 0.05) is 6.54 Å². The molecule has 11 heteroatoms. The Kier molecular flexibility index (Phi) is 12.2. The molecule has 0 bridgehead atoms. The summed E-state index contributed by atoms with van der Waals surface area (Å²) in [7, 11) is 0. The number of thioether (sulfide) groups is 1. The van der Waals surface area contributed by atoms with Gasteiger partial charge < -0.3 is 32.9 Å². The molecular formula is C16H32N6O4S. The van der Waals surface area contributed by atoms with Crippen LogP contribution in [0, 0.1) is 5.92 Å². The molecule has 3 atom stereocenters. The molecule has 0 spiro atoms. The van der Waals surface area contributed by atoms with Gasteiger partial charge in [0.2, 0.25) is 11.8 Å². The molecule has 0 aromatic heterocycles. The average Bonchev–Trinajstić information content (AvgIpc) is 2.58. The third-order valence-electron chi connectivity index (χ3n) is 3.78. The summed E-state index contributed by atoms with van der Waals surface area (Å²) in [5.41, 5.74) is 16.3. The van der Waals surface area contributed by atoms with E-state index in [1.165, 1.54) is 11.8 Å². The second-order valence-electron chi connectivity index (χ2n) is 6.47. The Balaban J connectivity index is 4.82. The van der Waals surface area contributed by atoms with Crippen LogP contribution < -0.4 is 27.8 Å². The number of hydrogen-bond donors (Lipinski definition) is 6. The van der Waals surface area contributed by atoms with Gasteiger partial charge in [-0.05, 0) is 37.2 Å². The Morgan fingerprint density at radius 2 is 1.74 bits per heavy atom. The lowest BCUT2D eigenvalue weighted by molar-refractivity contribution is -0.143. The highest BCUT2D eigenvalue weighted by Crippen LogP contribution is 2.06. The van der Waals surface area contributed by atoms with Gasteiger partial charge in [0.25, 0.3) is 0 Å². The number of carbonyl (C=O) groups is 3. The number of hydrogen-bond acceptors (Lipinski definition) is 6. The highest BCUT2D eigenvalue weighted by molar-refractivity contribution is 7.98. The van der Waals surface area contributed by atoms with E-state index in [0.29, 0.717) is 31.6 Å². The average molecular weight is 405 g/mol. The molecule has 0 aromatic rings. The van der Waals surface area contributed by atoms with Gasteiger partial charge in [-0.1, -0.05) is 13.8 Å². The Bertz CT molecular complexity index is 525. The first-order chi connectivity index (χ1) is 12.6. The molecule has 0 aliphatic carbocycles. The number of carboxylic acids is 1. The summed E-state index contributed by atoms with van der Waals surface area (Å²) in [6.07, 6.45) is 3.11. The van der Waals surface area contributed by atoms with Gasteiger partial charge in [-0.2, -0.15) is 11.8 Å². The van der Waals surface area contributed by atoms with Gasteiger partial charge >= 0.3 is 5.97 Å². The quantitative estimate of drug-likeness (QED) is 0.126. The first kappa shape index (κ1) is 25.0. The van der Waals surface area contributed by atoms with Crippen LogP contribution in [0.2, 0.25) is 0 Å². The van der Waals surface area contributed by atoms with Crippen molar-refractivity contribution in [1.29, 1.82) is 0 Å². The van der Waals surface area contributed by atoms with Crippen LogP contribution in [0.5, 0.6) is 0 Å². The number of carboxylic acid groups (broad SMARTS) is 1. The van der Waals surface area contributed by atoms with Crippen LogP contribution in [0.1, 0.15) is 33.1 Å². The Hall–Kier alpha value is -2.01. The van der Waals surface area contributed by atoms with Crippen molar-refractivity contribution in [3.05, 3.63) is 0 Å². The number of aliphatic carboxylic acids is 1. The number of nitrogens with two attached hydrogens (primary N) is 3. The lowest BCUT2D eigenvalue weighted by atomic mass is 10.0. The maximum atomic E-state index is 12.5.